The maximum Gasteiger partial charge on any atom is 0.137 e. The van der Waals surface area contributed by atoms with Crippen LogP contribution in [0, 0.1) is 0 Å². The summed E-state index contributed by atoms with van der Waals surface area (Å²) in [6, 6.07) is 4.42. The Balaban J connectivity index is 1.68. The van der Waals surface area contributed by atoms with Crippen molar-refractivity contribution in [1.82, 2.24) is 15.1 Å². The highest BCUT2D eigenvalue weighted by Gasteiger charge is 2.13. The minimum Gasteiger partial charge on any atom is -0.464 e. The minimum atomic E-state index is 0.563. The van der Waals surface area contributed by atoms with Gasteiger partial charge in [0.15, 0.2) is 0 Å². The van der Waals surface area contributed by atoms with E-state index in [4.69, 9.17) is 4.42 Å². The molecular formula is C13H17N3O. The van der Waals surface area contributed by atoms with E-state index in [0.717, 1.165) is 24.4 Å². The Bertz CT molecular complexity index is 455. The van der Waals surface area contributed by atoms with Gasteiger partial charge in [-0.3, -0.25) is 4.68 Å². The number of aromatic nitrogens is 2. The quantitative estimate of drug-likeness (QED) is 0.881. The Labute approximate surface area is 101 Å². The minimum absolute atomic E-state index is 0.563. The number of nitrogens with one attached hydrogen (secondary N) is 1. The first-order chi connectivity index (χ1) is 8.42. The third-order valence-corrected chi connectivity index (χ3v) is 3.26. The molecule has 1 aliphatic rings. The molecule has 90 valence electrons. The zero-order chi connectivity index (χ0) is 11.5. The molecule has 1 fully saturated rings. The molecular weight excluding hydrogens is 214 g/mol. The fourth-order valence-electron chi connectivity index (χ4n) is 2.34. The summed E-state index contributed by atoms with van der Waals surface area (Å²) in [5, 5.41) is 7.91. The largest absolute Gasteiger partial charge is 0.464 e. The Morgan fingerprint density at radius 1 is 1.47 bits per heavy atom. The summed E-state index contributed by atoms with van der Waals surface area (Å²) in [6.45, 7) is 2.08. The molecule has 0 saturated carbocycles. The molecule has 0 bridgehead atoms. The van der Waals surface area contributed by atoms with Crippen LogP contribution in [0.4, 0.5) is 0 Å². The Hall–Kier alpha value is -1.55. The van der Waals surface area contributed by atoms with Crippen LogP contribution in [0.3, 0.4) is 0 Å². The first-order valence-corrected chi connectivity index (χ1v) is 6.21. The zero-order valence-corrected chi connectivity index (χ0v) is 9.80. The van der Waals surface area contributed by atoms with Crippen molar-refractivity contribution in [3.63, 3.8) is 0 Å². The van der Waals surface area contributed by atoms with Crippen LogP contribution < -0.4 is 5.32 Å². The molecule has 17 heavy (non-hydrogen) atoms. The Morgan fingerprint density at radius 2 is 2.47 bits per heavy atom. The van der Waals surface area contributed by atoms with Crippen LogP contribution in [0.25, 0.3) is 11.3 Å². The number of piperidine rings is 1. The summed E-state index contributed by atoms with van der Waals surface area (Å²) in [4.78, 5) is 0. The van der Waals surface area contributed by atoms with Gasteiger partial charge in [0, 0.05) is 12.2 Å². The molecule has 1 aliphatic heterocycles. The molecule has 4 nitrogen and oxygen atoms in total. The van der Waals surface area contributed by atoms with Crippen LogP contribution in [0.5, 0.6) is 0 Å². The second-order valence-corrected chi connectivity index (χ2v) is 4.58. The van der Waals surface area contributed by atoms with Gasteiger partial charge in [-0.05, 0) is 31.5 Å². The SMILES string of the molecule is c1coc(-c2cnn(C[C@H]3CCCCN3)c2)c1. The predicted octanol–water partition coefficient (Wildman–Crippen LogP) is 2.29. The van der Waals surface area contributed by atoms with E-state index in [9.17, 15) is 0 Å². The van der Waals surface area contributed by atoms with Crippen LogP contribution >= 0.6 is 0 Å². The van der Waals surface area contributed by atoms with E-state index in [1.165, 1.54) is 19.3 Å². The molecule has 0 radical (unpaired) electrons. The molecule has 0 unspecified atom stereocenters. The molecule has 0 spiro atoms. The summed E-state index contributed by atoms with van der Waals surface area (Å²) in [7, 11) is 0. The van der Waals surface area contributed by atoms with Gasteiger partial charge in [0.1, 0.15) is 5.76 Å². The van der Waals surface area contributed by atoms with Gasteiger partial charge in [-0.15, -0.1) is 0 Å². The van der Waals surface area contributed by atoms with Gasteiger partial charge in [0.05, 0.1) is 24.6 Å². The monoisotopic (exact) mass is 231 g/mol. The highest BCUT2D eigenvalue weighted by Crippen LogP contribution is 2.19. The summed E-state index contributed by atoms with van der Waals surface area (Å²) >= 11 is 0. The number of furan rings is 1. The highest BCUT2D eigenvalue weighted by molar-refractivity contribution is 5.54. The van der Waals surface area contributed by atoms with Crippen LogP contribution in [0.15, 0.2) is 35.2 Å². The lowest BCUT2D eigenvalue weighted by atomic mass is 10.1. The Kier molecular flexibility index (Phi) is 2.96. The fraction of sp³-hybridized carbons (Fsp3) is 0.462. The van der Waals surface area contributed by atoms with Gasteiger partial charge in [0.2, 0.25) is 0 Å². The van der Waals surface area contributed by atoms with Gasteiger partial charge in [-0.2, -0.15) is 5.10 Å². The number of hydrogen-bond acceptors (Lipinski definition) is 3. The molecule has 3 rings (SSSR count). The second-order valence-electron chi connectivity index (χ2n) is 4.58. The van der Waals surface area contributed by atoms with Crippen molar-refractivity contribution < 1.29 is 4.42 Å². The van der Waals surface area contributed by atoms with Crippen molar-refractivity contribution in [1.29, 1.82) is 0 Å². The second kappa shape index (κ2) is 4.75. The van der Waals surface area contributed by atoms with Crippen LogP contribution in [0.1, 0.15) is 19.3 Å². The van der Waals surface area contributed by atoms with Crippen molar-refractivity contribution >= 4 is 0 Å². The van der Waals surface area contributed by atoms with Crippen molar-refractivity contribution in [3.8, 4) is 11.3 Å². The number of rotatable bonds is 3. The van der Waals surface area contributed by atoms with Crippen molar-refractivity contribution in [2.75, 3.05) is 6.54 Å². The standard InChI is InChI=1S/C13H17N3O/c1-2-6-14-12(4-1)10-16-9-11(8-15-16)13-5-3-7-17-13/h3,5,7-9,12,14H,1-2,4,6,10H2/t12-/m1/s1. The summed E-state index contributed by atoms with van der Waals surface area (Å²) < 4.78 is 7.35. The van der Waals surface area contributed by atoms with Gasteiger partial charge < -0.3 is 9.73 Å². The van der Waals surface area contributed by atoms with Crippen molar-refractivity contribution in [2.45, 2.75) is 31.8 Å². The zero-order valence-electron chi connectivity index (χ0n) is 9.80. The van der Waals surface area contributed by atoms with E-state index in [-0.39, 0.29) is 0 Å². The predicted molar refractivity (Wildman–Crippen MR) is 65.6 cm³/mol. The molecule has 0 aromatic carbocycles. The van der Waals surface area contributed by atoms with Crippen molar-refractivity contribution in [2.24, 2.45) is 0 Å². The first kappa shape index (κ1) is 10.6. The topological polar surface area (TPSA) is 43.0 Å². The van der Waals surface area contributed by atoms with Gasteiger partial charge >= 0.3 is 0 Å². The number of nitrogens with zero attached hydrogens (tertiary/aromatic N) is 2. The lowest BCUT2D eigenvalue weighted by Crippen LogP contribution is -2.37. The lowest BCUT2D eigenvalue weighted by Gasteiger charge is -2.23. The molecule has 0 aliphatic carbocycles. The van der Waals surface area contributed by atoms with Gasteiger partial charge in [-0.25, -0.2) is 0 Å². The molecule has 3 heterocycles. The Morgan fingerprint density at radius 3 is 3.24 bits per heavy atom. The maximum absolute atomic E-state index is 5.35. The molecule has 1 atom stereocenters. The smallest absolute Gasteiger partial charge is 0.137 e. The first-order valence-electron chi connectivity index (χ1n) is 6.21. The van der Waals surface area contributed by atoms with E-state index in [1.807, 2.05) is 23.0 Å². The third-order valence-electron chi connectivity index (χ3n) is 3.26. The normalized spacial score (nSPS) is 20.6. The van der Waals surface area contributed by atoms with Gasteiger partial charge in [0.25, 0.3) is 0 Å². The molecule has 1 saturated heterocycles. The third kappa shape index (κ3) is 2.42. The van der Waals surface area contributed by atoms with Gasteiger partial charge in [-0.1, -0.05) is 6.42 Å². The molecule has 2 aromatic rings. The summed E-state index contributed by atoms with van der Waals surface area (Å²) in [6.07, 6.45) is 9.47. The van der Waals surface area contributed by atoms with E-state index in [2.05, 4.69) is 16.6 Å². The van der Waals surface area contributed by atoms with Crippen LogP contribution in [0.2, 0.25) is 0 Å². The van der Waals surface area contributed by atoms with E-state index in [1.54, 1.807) is 6.26 Å². The van der Waals surface area contributed by atoms with Crippen LogP contribution in [-0.2, 0) is 6.54 Å². The maximum atomic E-state index is 5.35. The summed E-state index contributed by atoms with van der Waals surface area (Å²) in [5.41, 5.74) is 1.05. The highest BCUT2D eigenvalue weighted by atomic mass is 16.3. The lowest BCUT2D eigenvalue weighted by molar-refractivity contribution is 0.351. The van der Waals surface area contributed by atoms with E-state index in [0.29, 0.717) is 6.04 Å². The van der Waals surface area contributed by atoms with Crippen LogP contribution in [-0.4, -0.2) is 22.4 Å². The average molecular weight is 231 g/mol. The molecule has 0 amide bonds. The summed E-state index contributed by atoms with van der Waals surface area (Å²) in [5.74, 6) is 0.882. The van der Waals surface area contributed by atoms with E-state index < -0.39 is 0 Å². The molecule has 4 heteroatoms. The molecule has 2 aromatic heterocycles. The fourth-order valence-corrected chi connectivity index (χ4v) is 2.34. The van der Waals surface area contributed by atoms with Crippen molar-refractivity contribution in [3.05, 3.63) is 30.8 Å². The van der Waals surface area contributed by atoms with E-state index >= 15 is 0 Å². The average Bonchev–Trinajstić information content (AvgIpc) is 3.00. The number of hydrogen-bond donors (Lipinski definition) is 1. The molecule has 1 N–H and O–H groups in total.